The number of amides is 2. The topological polar surface area (TPSA) is 76.4 Å². The van der Waals surface area contributed by atoms with Crippen molar-refractivity contribution in [2.75, 3.05) is 25.4 Å². The number of nitrogen functional groups attached to an aromatic ring is 1. The Balaban J connectivity index is 2.07. The molecule has 0 radical (unpaired) electrons. The first-order chi connectivity index (χ1) is 8.72. The number of hydrogen-bond donors (Lipinski definition) is 3. The molecule has 0 aromatic heterocycles. The molecular formula is C13H21N3O2. The summed E-state index contributed by atoms with van der Waals surface area (Å²) in [4.78, 5) is 11.3. The van der Waals surface area contributed by atoms with Gasteiger partial charge in [0.25, 0.3) is 0 Å². The van der Waals surface area contributed by atoms with Gasteiger partial charge in [-0.05, 0) is 30.7 Å². The van der Waals surface area contributed by atoms with Gasteiger partial charge in [-0.3, -0.25) is 0 Å². The molecule has 100 valence electrons. The molecule has 0 bridgehead atoms. The Morgan fingerprint density at radius 1 is 1.22 bits per heavy atom. The largest absolute Gasteiger partial charge is 0.492 e. The van der Waals surface area contributed by atoms with Gasteiger partial charge in [-0.15, -0.1) is 0 Å². The molecule has 0 fully saturated rings. The van der Waals surface area contributed by atoms with Gasteiger partial charge in [0.1, 0.15) is 12.4 Å². The molecule has 5 nitrogen and oxygen atoms in total. The van der Waals surface area contributed by atoms with E-state index in [2.05, 4.69) is 17.6 Å². The molecule has 18 heavy (non-hydrogen) atoms. The van der Waals surface area contributed by atoms with E-state index in [1.807, 2.05) is 0 Å². The standard InChI is InChI=1S/C13H21N3O2/c1-2-3-8-15-13(17)16-9-10-18-12-6-4-11(14)5-7-12/h4-7H,2-3,8-10,14H2,1H3,(H2,15,16,17). The predicted molar refractivity (Wildman–Crippen MR) is 72.7 cm³/mol. The molecule has 0 aliphatic heterocycles. The van der Waals surface area contributed by atoms with Crippen molar-refractivity contribution in [3.63, 3.8) is 0 Å². The summed E-state index contributed by atoms with van der Waals surface area (Å²) in [5.41, 5.74) is 6.26. The second kappa shape index (κ2) is 8.22. The highest BCUT2D eigenvalue weighted by Gasteiger charge is 1.98. The third-order valence-electron chi connectivity index (χ3n) is 2.35. The molecule has 0 saturated carbocycles. The van der Waals surface area contributed by atoms with Crippen LogP contribution in [0.3, 0.4) is 0 Å². The predicted octanol–water partition coefficient (Wildman–Crippen LogP) is 1.75. The number of anilines is 1. The summed E-state index contributed by atoms with van der Waals surface area (Å²) in [7, 11) is 0. The molecule has 0 heterocycles. The van der Waals surface area contributed by atoms with E-state index in [-0.39, 0.29) is 6.03 Å². The van der Waals surface area contributed by atoms with Gasteiger partial charge in [0.15, 0.2) is 0 Å². The molecule has 1 aromatic carbocycles. The lowest BCUT2D eigenvalue weighted by atomic mass is 10.3. The lowest BCUT2D eigenvalue weighted by Gasteiger charge is -2.08. The number of carbonyl (C=O) groups is 1. The lowest BCUT2D eigenvalue weighted by Crippen LogP contribution is -2.38. The maximum Gasteiger partial charge on any atom is 0.314 e. The van der Waals surface area contributed by atoms with Gasteiger partial charge in [0.05, 0.1) is 6.54 Å². The van der Waals surface area contributed by atoms with Crippen molar-refractivity contribution in [2.45, 2.75) is 19.8 Å². The van der Waals surface area contributed by atoms with Crippen LogP contribution in [-0.4, -0.2) is 25.7 Å². The van der Waals surface area contributed by atoms with Crippen LogP contribution in [0.5, 0.6) is 5.75 Å². The fourth-order valence-corrected chi connectivity index (χ4v) is 1.34. The molecule has 0 aliphatic rings. The quantitative estimate of drug-likeness (QED) is 0.510. The molecule has 0 aliphatic carbocycles. The molecule has 0 atom stereocenters. The monoisotopic (exact) mass is 251 g/mol. The summed E-state index contributed by atoms with van der Waals surface area (Å²) >= 11 is 0. The van der Waals surface area contributed by atoms with E-state index in [4.69, 9.17) is 10.5 Å². The third kappa shape index (κ3) is 5.98. The van der Waals surface area contributed by atoms with Gasteiger partial charge in [0, 0.05) is 12.2 Å². The number of carbonyl (C=O) groups excluding carboxylic acids is 1. The highest BCUT2D eigenvalue weighted by Crippen LogP contribution is 2.12. The van der Waals surface area contributed by atoms with Crippen LogP contribution in [-0.2, 0) is 0 Å². The highest BCUT2D eigenvalue weighted by atomic mass is 16.5. The zero-order valence-electron chi connectivity index (χ0n) is 10.7. The molecular weight excluding hydrogens is 230 g/mol. The Bertz CT molecular complexity index is 352. The fraction of sp³-hybridized carbons (Fsp3) is 0.462. The number of rotatable bonds is 7. The van der Waals surface area contributed by atoms with Crippen LogP contribution < -0.4 is 21.1 Å². The van der Waals surface area contributed by atoms with E-state index in [1.165, 1.54) is 0 Å². The van der Waals surface area contributed by atoms with Crippen LogP contribution in [0.15, 0.2) is 24.3 Å². The highest BCUT2D eigenvalue weighted by molar-refractivity contribution is 5.73. The zero-order chi connectivity index (χ0) is 13.2. The maximum atomic E-state index is 11.3. The first kappa shape index (κ1) is 14.2. The molecule has 1 rings (SSSR count). The van der Waals surface area contributed by atoms with E-state index in [9.17, 15) is 4.79 Å². The van der Waals surface area contributed by atoms with Crippen LogP contribution in [0.1, 0.15) is 19.8 Å². The van der Waals surface area contributed by atoms with Crippen molar-refractivity contribution >= 4 is 11.7 Å². The molecule has 2 amide bonds. The Morgan fingerprint density at radius 3 is 2.56 bits per heavy atom. The smallest absolute Gasteiger partial charge is 0.314 e. The Kier molecular flexibility index (Phi) is 6.46. The molecule has 0 spiro atoms. The van der Waals surface area contributed by atoms with Gasteiger partial charge in [-0.25, -0.2) is 4.79 Å². The summed E-state index contributed by atoms with van der Waals surface area (Å²) in [6.07, 6.45) is 2.07. The number of nitrogens with one attached hydrogen (secondary N) is 2. The summed E-state index contributed by atoms with van der Waals surface area (Å²) in [6.45, 7) is 3.70. The number of unbranched alkanes of at least 4 members (excludes halogenated alkanes) is 1. The molecule has 1 aromatic rings. The van der Waals surface area contributed by atoms with E-state index in [0.29, 0.717) is 25.4 Å². The normalized spacial score (nSPS) is 9.83. The number of ether oxygens (including phenoxy) is 1. The Hall–Kier alpha value is -1.91. The lowest BCUT2D eigenvalue weighted by molar-refractivity contribution is 0.236. The molecule has 0 unspecified atom stereocenters. The minimum absolute atomic E-state index is 0.149. The molecule has 5 heteroatoms. The summed E-state index contributed by atoms with van der Waals surface area (Å²) < 4.78 is 5.44. The van der Waals surface area contributed by atoms with Crippen LogP contribution >= 0.6 is 0 Å². The summed E-state index contributed by atoms with van der Waals surface area (Å²) in [5.74, 6) is 0.748. The molecule has 4 N–H and O–H groups in total. The Labute approximate surface area is 108 Å². The second-order valence-electron chi connectivity index (χ2n) is 3.95. The SMILES string of the molecule is CCCCNC(=O)NCCOc1ccc(N)cc1. The van der Waals surface area contributed by atoms with Crippen molar-refractivity contribution in [1.82, 2.24) is 10.6 Å². The van der Waals surface area contributed by atoms with Crippen molar-refractivity contribution in [2.24, 2.45) is 0 Å². The minimum atomic E-state index is -0.149. The van der Waals surface area contributed by atoms with Gasteiger partial charge in [-0.2, -0.15) is 0 Å². The number of nitrogens with two attached hydrogens (primary N) is 1. The first-order valence-corrected chi connectivity index (χ1v) is 6.22. The van der Waals surface area contributed by atoms with E-state index >= 15 is 0 Å². The van der Waals surface area contributed by atoms with E-state index in [1.54, 1.807) is 24.3 Å². The minimum Gasteiger partial charge on any atom is -0.492 e. The van der Waals surface area contributed by atoms with E-state index < -0.39 is 0 Å². The summed E-state index contributed by atoms with van der Waals surface area (Å²) in [6, 6.07) is 7.01. The maximum absolute atomic E-state index is 11.3. The van der Waals surface area contributed by atoms with Crippen molar-refractivity contribution in [1.29, 1.82) is 0 Å². The van der Waals surface area contributed by atoms with Crippen LogP contribution in [0.2, 0.25) is 0 Å². The van der Waals surface area contributed by atoms with Gasteiger partial charge in [0.2, 0.25) is 0 Å². The summed E-state index contributed by atoms with van der Waals surface area (Å²) in [5, 5.41) is 5.49. The van der Waals surface area contributed by atoms with E-state index in [0.717, 1.165) is 18.6 Å². The second-order valence-corrected chi connectivity index (χ2v) is 3.95. The van der Waals surface area contributed by atoms with Crippen LogP contribution in [0, 0.1) is 0 Å². The van der Waals surface area contributed by atoms with Gasteiger partial charge < -0.3 is 21.1 Å². The third-order valence-corrected chi connectivity index (χ3v) is 2.35. The average molecular weight is 251 g/mol. The Morgan fingerprint density at radius 2 is 1.89 bits per heavy atom. The van der Waals surface area contributed by atoms with Crippen LogP contribution in [0.4, 0.5) is 10.5 Å². The van der Waals surface area contributed by atoms with Gasteiger partial charge in [-0.1, -0.05) is 13.3 Å². The van der Waals surface area contributed by atoms with Crippen LogP contribution in [0.25, 0.3) is 0 Å². The van der Waals surface area contributed by atoms with Gasteiger partial charge >= 0.3 is 6.03 Å². The average Bonchev–Trinajstić information content (AvgIpc) is 2.37. The fourth-order valence-electron chi connectivity index (χ4n) is 1.34. The van der Waals surface area contributed by atoms with Crippen molar-refractivity contribution in [3.8, 4) is 5.75 Å². The zero-order valence-corrected chi connectivity index (χ0v) is 10.7. The van der Waals surface area contributed by atoms with Crippen molar-refractivity contribution < 1.29 is 9.53 Å². The number of urea groups is 1. The number of hydrogen-bond acceptors (Lipinski definition) is 3. The first-order valence-electron chi connectivity index (χ1n) is 6.22. The molecule has 0 saturated heterocycles. The van der Waals surface area contributed by atoms with Crippen molar-refractivity contribution in [3.05, 3.63) is 24.3 Å². The number of benzene rings is 1.